The second-order valence-corrected chi connectivity index (χ2v) is 8.71. The van der Waals surface area contributed by atoms with Gasteiger partial charge in [0.25, 0.3) is 5.91 Å². The van der Waals surface area contributed by atoms with Crippen molar-refractivity contribution in [2.45, 2.75) is 31.1 Å². The standard InChI is InChI=1S/C22H24ClFN2O3/c1-21(28,13-7-9-26(2)10-8-13)15-11-17-19(18(24)12-15)22(29,25-20(17)27)14-3-5-16(23)6-4-14/h3-6,11-13,28-29H,7-10H2,1-2H3,(H,25,27). The van der Waals surface area contributed by atoms with E-state index < -0.39 is 23.1 Å². The fraction of sp³-hybridized carbons (Fsp3) is 0.409. The molecule has 0 aliphatic carbocycles. The van der Waals surface area contributed by atoms with Crippen LogP contribution in [0.2, 0.25) is 5.02 Å². The van der Waals surface area contributed by atoms with Crippen molar-refractivity contribution in [1.29, 1.82) is 0 Å². The summed E-state index contributed by atoms with van der Waals surface area (Å²) in [6.45, 7) is 3.37. The molecule has 4 rings (SSSR count). The first kappa shape index (κ1) is 20.3. The first-order chi connectivity index (χ1) is 13.6. The van der Waals surface area contributed by atoms with Gasteiger partial charge in [0, 0.05) is 10.6 Å². The van der Waals surface area contributed by atoms with Crippen LogP contribution in [0.4, 0.5) is 4.39 Å². The Kier molecular flexibility index (Phi) is 4.94. The van der Waals surface area contributed by atoms with Gasteiger partial charge in [-0.1, -0.05) is 23.7 Å². The average Bonchev–Trinajstić information content (AvgIpc) is 2.94. The minimum absolute atomic E-state index is 0.0330. The summed E-state index contributed by atoms with van der Waals surface area (Å²) in [7, 11) is 2.03. The van der Waals surface area contributed by atoms with Gasteiger partial charge in [0.2, 0.25) is 0 Å². The molecule has 3 N–H and O–H groups in total. The third-order valence-electron chi connectivity index (χ3n) is 6.35. The Morgan fingerprint density at radius 3 is 2.48 bits per heavy atom. The Morgan fingerprint density at radius 1 is 1.24 bits per heavy atom. The number of nitrogens with one attached hydrogen (secondary N) is 1. The molecule has 0 aromatic heterocycles. The van der Waals surface area contributed by atoms with Gasteiger partial charge in [-0.25, -0.2) is 4.39 Å². The van der Waals surface area contributed by atoms with E-state index in [1.54, 1.807) is 31.2 Å². The number of likely N-dealkylation sites (tertiary alicyclic amines) is 1. The van der Waals surface area contributed by atoms with E-state index in [2.05, 4.69) is 10.2 Å². The van der Waals surface area contributed by atoms with Gasteiger partial charge in [0.05, 0.1) is 16.7 Å². The highest BCUT2D eigenvalue weighted by molar-refractivity contribution is 6.30. The molecule has 0 radical (unpaired) electrons. The number of hydrogen-bond acceptors (Lipinski definition) is 4. The second-order valence-electron chi connectivity index (χ2n) is 8.28. The molecule has 2 aromatic carbocycles. The Bertz CT molecular complexity index is 955. The molecule has 1 fully saturated rings. The summed E-state index contributed by atoms with van der Waals surface area (Å²) in [5.74, 6) is -1.37. The molecule has 7 heteroatoms. The molecule has 1 amide bonds. The Morgan fingerprint density at radius 2 is 1.86 bits per heavy atom. The molecular weight excluding hydrogens is 395 g/mol. The zero-order valence-corrected chi connectivity index (χ0v) is 17.1. The summed E-state index contributed by atoms with van der Waals surface area (Å²) >= 11 is 5.90. The molecule has 0 spiro atoms. The molecule has 29 heavy (non-hydrogen) atoms. The predicted octanol–water partition coefficient (Wildman–Crippen LogP) is 2.97. The SMILES string of the molecule is CN1CCC(C(C)(O)c2cc(F)c3c(c2)C(=O)NC3(O)c2ccc(Cl)cc2)CC1. The molecular formula is C22H24ClFN2O3. The molecule has 154 valence electrons. The molecule has 2 heterocycles. The van der Waals surface area contributed by atoms with Crippen LogP contribution in [0, 0.1) is 11.7 Å². The molecule has 2 aromatic rings. The number of hydrogen-bond donors (Lipinski definition) is 3. The second kappa shape index (κ2) is 7.06. The van der Waals surface area contributed by atoms with Crippen LogP contribution >= 0.6 is 11.6 Å². The van der Waals surface area contributed by atoms with E-state index >= 15 is 4.39 Å². The van der Waals surface area contributed by atoms with Gasteiger partial charge in [-0.15, -0.1) is 0 Å². The van der Waals surface area contributed by atoms with Crippen molar-refractivity contribution in [2.75, 3.05) is 20.1 Å². The average molecular weight is 419 g/mol. The smallest absolute Gasteiger partial charge is 0.254 e. The van der Waals surface area contributed by atoms with Gasteiger partial charge in [-0.3, -0.25) is 4.79 Å². The molecule has 2 unspecified atom stereocenters. The summed E-state index contributed by atoms with van der Waals surface area (Å²) in [6, 6.07) is 8.95. The molecule has 0 bridgehead atoms. The highest BCUT2D eigenvalue weighted by atomic mass is 35.5. The van der Waals surface area contributed by atoms with Crippen LogP contribution in [0.25, 0.3) is 0 Å². The van der Waals surface area contributed by atoms with Crippen molar-refractivity contribution in [3.8, 4) is 0 Å². The first-order valence-electron chi connectivity index (χ1n) is 9.69. The van der Waals surface area contributed by atoms with Crippen LogP contribution < -0.4 is 5.32 Å². The van der Waals surface area contributed by atoms with Crippen LogP contribution in [-0.4, -0.2) is 41.2 Å². The number of aliphatic hydroxyl groups is 2. The lowest BCUT2D eigenvalue weighted by Gasteiger charge is -2.39. The lowest BCUT2D eigenvalue weighted by Crippen LogP contribution is -2.41. The van der Waals surface area contributed by atoms with Crippen LogP contribution in [0.15, 0.2) is 36.4 Å². The fourth-order valence-corrected chi connectivity index (χ4v) is 4.58. The van der Waals surface area contributed by atoms with E-state index in [0.29, 0.717) is 16.1 Å². The predicted molar refractivity (Wildman–Crippen MR) is 108 cm³/mol. The zero-order valence-electron chi connectivity index (χ0n) is 16.4. The van der Waals surface area contributed by atoms with Crippen LogP contribution in [0.5, 0.6) is 0 Å². The number of carbonyl (C=O) groups excluding carboxylic acids is 1. The van der Waals surface area contributed by atoms with E-state index in [-0.39, 0.29) is 17.0 Å². The van der Waals surface area contributed by atoms with Crippen molar-refractivity contribution in [3.63, 3.8) is 0 Å². The van der Waals surface area contributed by atoms with E-state index in [4.69, 9.17) is 11.6 Å². The minimum atomic E-state index is -1.99. The Balaban J connectivity index is 1.76. The van der Waals surface area contributed by atoms with Crippen LogP contribution in [-0.2, 0) is 11.3 Å². The van der Waals surface area contributed by atoms with Gasteiger partial charge in [0.15, 0.2) is 5.72 Å². The lowest BCUT2D eigenvalue weighted by atomic mass is 9.76. The van der Waals surface area contributed by atoms with E-state index in [0.717, 1.165) is 25.9 Å². The van der Waals surface area contributed by atoms with Crippen LogP contribution in [0.1, 0.15) is 46.8 Å². The number of carbonyl (C=O) groups is 1. The molecule has 2 atom stereocenters. The third kappa shape index (κ3) is 3.34. The number of fused-ring (bicyclic) bond motifs is 1. The fourth-order valence-electron chi connectivity index (χ4n) is 4.45. The Hall–Kier alpha value is -1.99. The van der Waals surface area contributed by atoms with Gasteiger partial charge >= 0.3 is 0 Å². The largest absolute Gasteiger partial charge is 0.385 e. The number of amides is 1. The monoisotopic (exact) mass is 418 g/mol. The number of benzene rings is 2. The maximum absolute atomic E-state index is 15.2. The highest BCUT2D eigenvalue weighted by Gasteiger charge is 2.47. The van der Waals surface area contributed by atoms with Gasteiger partial charge in [-0.2, -0.15) is 0 Å². The topological polar surface area (TPSA) is 72.8 Å². The molecule has 0 saturated carbocycles. The third-order valence-corrected chi connectivity index (χ3v) is 6.60. The number of nitrogens with zero attached hydrogens (tertiary/aromatic N) is 1. The van der Waals surface area contributed by atoms with Crippen molar-refractivity contribution in [1.82, 2.24) is 10.2 Å². The summed E-state index contributed by atoms with van der Waals surface area (Å²) in [5, 5.41) is 25.3. The lowest BCUT2D eigenvalue weighted by molar-refractivity contribution is -0.0305. The normalized spacial score (nSPS) is 24.8. The summed E-state index contributed by atoms with van der Waals surface area (Å²) in [6.07, 6.45) is 1.56. The van der Waals surface area contributed by atoms with E-state index in [9.17, 15) is 15.0 Å². The van der Waals surface area contributed by atoms with Crippen molar-refractivity contribution >= 4 is 17.5 Å². The number of halogens is 2. The molecule has 2 aliphatic rings. The van der Waals surface area contributed by atoms with Crippen molar-refractivity contribution in [2.24, 2.45) is 5.92 Å². The number of piperidine rings is 1. The minimum Gasteiger partial charge on any atom is -0.385 e. The molecule has 5 nitrogen and oxygen atoms in total. The summed E-state index contributed by atoms with van der Waals surface area (Å²) in [4.78, 5) is 14.8. The Labute approximate surface area is 174 Å². The quantitative estimate of drug-likeness (QED) is 0.716. The van der Waals surface area contributed by atoms with E-state index in [1.807, 2.05) is 7.05 Å². The van der Waals surface area contributed by atoms with E-state index in [1.165, 1.54) is 12.1 Å². The zero-order chi connectivity index (χ0) is 21.0. The molecule has 1 saturated heterocycles. The highest BCUT2D eigenvalue weighted by Crippen LogP contribution is 2.42. The van der Waals surface area contributed by atoms with Crippen molar-refractivity contribution in [3.05, 3.63) is 69.5 Å². The summed E-state index contributed by atoms with van der Waals surface area (Å²) in [5.41, 5.74) is -2.71. The van der Waals surface area contributed by atoms with Gasteiger partial charge < -0.3 is 20.4 Å². The maximum Gasteiger partial charge on any atom is 0.254 e. The molecule has 2 aliphatic heterocycles. The summed E-state index contributed by atoms with van der Waals surface area (Å²) < 4.78 is 15.2. The maximum atomic E-state index is 15.2. The van der Waals surface area contributed by atoms with Gasteiger partial charge in [0.1, 0.15) is 5.82 Å². The van der Waals surface area contributed by atoms with Crippen molar-refractivity contribution < 1.29 is 19.4 Å². The van der Waals surface area contributed by atoms with Crippen LogP contribution in [0.3, 0.4) is 0 Å². The van der Waals surface area contributed by atoms with Gasteiger partial charge in [-0.05, 0) is 75.6 Å². The first-order valence-corrected chi connectivity index (χ1v) is 10.1. The number of rotatable bonds is 3.